The number of carbonyl (C=O) groups is 1. The second-order valence-corrected chi connectivity index (χ2v) is 5.35. The van der Waals surface area contributed by atoms with Gasteiger partial charge in [0.1, 0.15) is 0 Å². The van der Waals surface area contributed by atoms with Gasteiger partial charge in [0.2, 0.25) is 0 Å². The molecule has 0 atom stereocenters. The summed E-state index contributed by atoms with van der Waals surface area (Å²) < 4.78 is 0. The molecule has 0 bridgehead atoms. The molecule has 0 unspecified atom stereocenters. The standard InChI is InChI=1S/C16H13N3OS/c17-14-7-6-12(15(20)19-16-18-8-9-21-16)10-13(14)11-4-2-1-3-5-11/h1-10H,17H2,(H,18,19,20). The first-order valence-electron chi connectivity index (χ1n) is 6.40. The molecule has 0 radical (unpaired) electrons. The molecule has 104 valence electrons. The number of anilines is 2. The zero-order valence-corrected chi connectivity index (χ0v) is 11.9. The molecule has 3 aromatic rings. The van der Waals surface area contributed by atoms with Crippen LogP contribution in [0.5, 0.6) is 0 Å². The Labute approximate surface area is 126 Å². The van der Waals surface area contributed by atoms with E-state index < -0.39 is 0 Å². The molecule has 5 heteroatoms. The summed E-state index contributed by atoms with van der Waals surface area (Å²) in [5.74, 6) is -0.192. The van der Waals surface area contributed by atoms with Crippen molar-refractivity contribution in [2.75, 3.05) is 11.1 Å². The molecule has 2 aromatic carbocycles. The van der Waals surface area contributed by atoms with Crippen molar-refractivity contribution in [1.29, 1.82) is 0 Å². The van der Waals surface area contributed by atoms with E-state index in [1.54, 1.807) is 24.4 Å². The van der Waals surface area contributed by atoms with Crippen LogP contribution in [0.4, 0.5) is 10.8 Å². The number of nitrogen functional groups attached to an aromatic ring is 1. The molecule has 0 aliphatic carbocycles. The second-order valence-electron chi connectivity index (χ2n) is 4.46. The van der Waals surface area contributed by atoms with Gasteiger partial charge >= 0.3 is 0 Å². The third-order valence-electron chi connectivity index (χ3n) is 3.05. The van der Waals surface area contributed by atoms with Crippen molar-refractivity contribution >= 4 is 28.1 Å². The summed E-state index contributed by atoms with van der Waals surface area (Å²) in [6.45, 7) is 0. The fraction of sp³-hybridized carbons (Fsp3) is 0. The number of nitrogens with zero attached hydrogens (tertiary/aromatic N) is 1. The number of thiazole rings is 1. The van der Waals surface area contributed by atoms with Gasteiger partial charge in [0.15, 0.2) is 5.13 Å². The van der Waals surface area contributed by atoms with Crippen molar-refractivity contribution in [3.63, 3.8) is 0 Å². The minimum absolute atomic E-state index is 0.192. The summed E-state index contributed by atoms with van der Waals surface area (Å²) in [6.07, 6.45) is 1.65. The number of carbonyl (C=O) groups excluding carboxylic acids is 1. The SMILES string of the molecule is Nc1ccc(C(=O)Nc2nccs2)cc1-c1ccccc1. The maximum Gasteiger partial charge on any atom is 0.257 e. The molecular formula is C16H13N3OS. The van der Waals surface area contributed by atoms with Crippen LogP contribution in [0.15, 0.2) is 60.1 Å². The van der Waals surface area contributed by atoms with E-state index in [2.05, 4.69) is 10.3 Å². The van der Waals surface area contributed by atoms with Crippen LogP contribution in [-0.2, 0) is 0 Å². The number of rotatable bonds is 3. The van der Waals surface area contributed by atoms with Crippen LogP contribution in [0.25, 0.3) is 11.1 Å². The quantitative estimate of drug-likeness (QED) is 0.725. The van der Waals surface area contributed by atoms with Gasteiger partial charge in [-0.3, -0.25) is 10.1 Å². The minimum atomic E-state index is -0.192. The summed E-state index contributed by atoms with van der Waals surface area (Å²) in [6, 6.07) is 15.0. The molecule has 0 spiro atoms. The molecule has 3 rings (SSSR count). The van der Waals surface area contributed by atoms with E-state index in [1.165, 1.54) is 11.3 Å². The van der Waals surface area contributed by atoms with Crippen molar-refractivity contribution in [2.45, 2.75) is 0 Å². The number of amides is 1. The highest BCUT2D eigenvalue weighted by atomic mass is 32.1. The van der Waals surface area contributed by atoms with Crippen molar-refractivity contribution in [3.05, 3.63) is 65.7 Å². The minimum Gasteiger partial charge on any atom is -0.398 e. The van der Waals surface area contributed by atoms with Crippen LogP contribution in [0, 0.1) is 0 Å². The van der Waals surface area contributed by atoms with Crippen molar-refractivity contribution in [3.8, 4) is 11.1 Å². The first kappa shape index (κ1) is 13.3. The number of aromatic nitrogens is 1. The van der Waals surface area contributed by atoms with E-state index >= 15 is 0 Å². The smallest absolute Gasteiger partial charge is 0.257 e. The maximum absolute atomic E-state index is 12.2. The van der Waals surface area contributed by atoms with E-state index in [-0.39, 0.29) is 5.91 Å². The van der Waals surface area contributed by atoms with E-state index in [0.29, 0.717) is 16.4 Å². The molecule has 3 N–H and O–H groups in total. The Bertz CT molecular complexity index is 754. The number of nitrogens with two attached hydrogens (primary N) is 1. The zero-order valence-electron chi connectivity index (χ0n) is 11.1. The van der Waals surface area contributed by atoms with Crippen LogP contribution in [-0.4, -0.2) is 10.9 Å². The Morgan fingerprint density at radius 1 is 1.14 bits per heavy atom. The van der Waals surface area contributed by atoms with Gasteiger partial charge in [-0.25, -0.2) is 4.98 Å². The maximum atomic E-state index is 12.2. The van der Waals surface area contributed by atoms with Crippen molar-refractivity contribution in [1.82, 2.24) is 4.98 Å². The first-order chi connectivity index (χ1) is 10.2. The van der Waals surface area contributed by atoms with Crippen LogP contribution in [0.1, 0.15) is 10.4 Å². The molecule has 1 amide bonds. The van der Waals surface area contributed by atoms with E-state index in [9.17, 15) is 4.79 Å². The summed E-state index contributed by atoms with van der Waals surface area (Å²) in [4.78, 5) is 16.3. The lowest BCUT2D eigenvalue weighted by Crippen LogP contribution is -2.12. The monoisotopic (exact) mass is 295 g/mol. The van der Waals surface area contributed by atoms with Gasteiger partial charge in [-0.2, -0.15) is 0 Å². The zero-order chi connectivity index (χ0) is 14.7. The summed E-state index contributed by atoms with van der Waals surface area (Å²) in [5, 5.41) is 5.16. The molecule has 0 aliphatic heterocycles. The average Bonchev–Trinajstić information content (AvgIpc) is 3.01. The van der Waals surface area contributed by atoms with Gasteiger partial charge in [0.05, 0.1) is 0 Å². The highest BCUT2D eigenvalue weighted by Gasteiger charge is 2.11. The van der Waals surface area contributed by atoms with Crippen LogP contribution in [0.3, 0.4) is 0 Å². The summed E-state index contributed by atoms with van der Waals surface area (Å²) in [7, 11) is 0. The second kappa shape index (κ2) is 5.76. The Kier molecular flexibility index (Phi) is 3.66. The Hall–Kier alpha value is -2.66. The summed E-state index contributed by atoms with van der Waals surface area (Å²) in [5.41, 5.74) is 9.05. The predicted octanol–water partition coefficient (Wildman–Crippen LogP) is 3.64. The first-order valence-corrected chi connectivity index (χ1v) is 7.28. The molecule has 4 nitrogen and oxygen atoms in total. The third-order valence-corrected chi connectivity index (χ3v) is 3.74. The van der Waals surface area contributed by atoms with Gasteiger partial charge in [0, 0.05) is 28.4 Å². The number of hydrogen-bond donors (Lipinski definition) is 2. The normalized spacial score (nSPS) is 10.3. The molecule has 0 fully saturated rings. The van der Waals surface area contributed by atoms with Gasteiger partial charge < -0.3 is 5.73 Å². The molecule has 0 aliphatic rings. The molecule has 1 aromatic heterocycles. The molecule has 1 heterocycles. The predicted molar refractivity (Wildman–Crippen MR) is 86.4 cm³/mol. The molecule has 0 saturated heterocycles. The van der Waals surface area contributed by atoms with E-state index in [0.717, 1.165) is 11.1 Å². The van der Waals surface area contributed by atoms with Gasteiger partial charge in [-0.1, -0.05) is 30.3 Å². The van der Waals surface area contributed by atoms with Crippen LogP contribution < -0.4 is 11.1 Å². The molecule has 21 heavy (non-hydrogen) atoms. The Balaban J connectivity index is 1.92. The Morgan fingerprint density at radius 2 is 1.95 bits per heavy atom. The van der Waals surface area contributed by atoms with Crippen molar-refractivity contribution < 1.29 is 4.79 Å². The molecular weight excluding hydrogens is 282 g/mol. The highest BCUT2D eigenvalue weighted by molar-refractivity contribution is 7.13. The largest absolute Gasteiger partial charge is 0.398 e. The lowest BCUT2D eigenvalue weighted by molar-refractivity contribution is 0.102. The number of nitrogens with one attached hydrogen (secondary N) is 1. The average molecular weight is 295 g/mol. The number of benzene rings is 2. The van der Waals surface area contributed by atoms with Crippen molar-refractivity contribution in [2.24, 2.45) is 0 Å². The van der Waals surface area contributed by atoms with E-state index in [1.807, 2.05) is 35.7 Å². The van der Waals surface area contributed by atoms with E-state index in [4.69, 9.17) is 5.73 Å². The topological polar surface area (TPSA) is 68.0 Å². The molecule has 0 saturated carbocycles. The van der Waals surface area contributed by atoms with Gasteiger partial charge in [0.25, 0.3) is 5.91 Å². The van der Waals surface area contributed by atoms with Gasteiger partial charge in [-0.05, 0) is 23.8 Å². The highest BCUT2D eigenvalue weighted by Crippen LogP contribution is 2.27. The van der Waals surface area contributed by atoms with Crippen LogP contribution >= 0.6 is 11.3 Å². The lowest BCUT2D eigenvalue weighted by Gasteiger charge is -2.08. The third kappa shape index (κ3) is 2.93. The lowest BCUT2D eigenvalue weighted by atomic mass is 10.0. The summed E-state index contributed by atoms with van der Waals surface area (Å²) >= 11 is 1.38. The fourth-order valence-electron chi connectivity index (χ4n) is 2.02. The Morgan fingerprint density at radius 3 is 2.67 bits per heavy atom. The fourth-order valence-corrected chi connectivity index (χ4v) is 2.54. The van der Waals surface area contributed by atoms with Crippen LogP contribution in [0.2, 0.25) is 0 Å². The van der Waals surface area contributed by atoms with Gasteiger partial charge in [-0.15, -0.1) is 11.3 Å². The number of hydrogen-bond acceptors (Lipinski definition) is 4.